The number of sulfonamides is 1. The van der Waals surface area contributed by atoms with Crippen molar-refractivity contribution in [2.75, 3.05) is 32.1 Å². The van der Waals surface area contributed by atoms with Gasteiger partial charge in [-0.25, -0.2) is 26.3 Å². The molecule has 1 saturated carbocycles. The minimum absolute atomic E-state index is 0.138. The lowest BCUT2D eigenvalue weighted by atomic mass is 9.83. The second-order valence-electron chi connectivity index (χ2n) is 6.16. The monoisotopic (exact) mass is 341 g/mol. The SMILES string of the molecule is O=C(O)COCC1CCN(S(=O)(=O)CC2CC(F)(F)C2)CC1. The Kier molecular flexibility index (Phi) is 5.39. The van der Waals surface area contributed by atoms with E-state index in [0.29, 0.717) is 32.5 Å². The van der Waals surface area contributed by atoms with Gasteiger partial charge in [0.2, 0.25) is 15.9 Å². The Bertz CT molecular complexity index is 495. The average Bonchev–Trinajstić information content (AvgIpc) is 2.36. The molecule has 2 rings (SSSR count). The van der Waals surface area contributed by atoms with Crippen molar-refractivity contribution in [3.05, 3.63) is 0 Å². The van der Waals surface area contributed by atoms with E-state index in [2.05, 4.69) is 0 Å². The van der Waals surface area contributed by atoms with Crippen LogP contribution in [0.15, 0.2) is 0 Å². The largest absolute Gasteiger partial charge is 0.480 e. The summed E-state index contributed by atoms with van der Waals surface area (Å²) in [4.78, 5) is 10.3. The maximum absolute atomic E-state index is 12.8. The van der Waals surface area contributed by atoms with Crippen LogP contribution in [0.4, 0.5) is 8.78 Å². The molecule has 1 aliphatic heterocycles. The maximum Gasteiger partial charge on any atom is 0.329 e. The first kappa shape index (κ1) is 17.6. The van der Waals surface area contributed by atoms with Gasteiger partial charge in [-0.3, -0.25) is 0 Å². The molecule has 9 heteroatoms. The predicted octanol–water partition coefficient (Wildman–Crippen LogP) is 1.17. The molecule has 0 bridgehead atoms. The molecule has 2 fully saturated rings. The summed E-state index contributed by atoms with van der Waals surface area (Å²) in [5.41, 5.74) is 0. The molecule has 0 radical (unpaired) electrons. The van der Waals surface area contributed by atoms with E-state index in [1.807, 2.05) is 0 Å². The summed E-state index contributed by atoms with van der Waals surface area (Å²) in [7, 11) is -3.49. The molecule has 0 aromatic heterocycles. The number of hydrogen-bond acceptors (Lipinski definition) is 4. The summed E-state index contributed by atoms with van der Waals surface area (Å²) in [5.74, 6) is -4.25. The van der Waals surface area contributed by atoms with E-state index in [0.717, 1.165) is 0 Å². The molecule has 22 heavy (non-hydrogen) atoms. The zero-order valence-electron chi connectivity index (χ0n) is 12.2. The molecule has 0 unspecified atom stereocenters. The number of rotatable bonds is 7. The Morgan fingerprint density at radius 1 is 1.23 bits per heavy atom. The summed E-state index contributed by atoms with van der Waals surface area (Å²) in [6, 6.07) is 0. The summed E-state index contributed by atoms with van der Waals surface area (Å²) >= 11 is 0. The molecule has 1 saturated heterocycles. The van der Waals surface area contributed by atoms with Crippen LogP contribution in [0.25, 0.3) is 0 Å². The molecule has 6 nitrogen and oxygen atoms in total. The van der Waals surface area contributed by atoms with Gasteiger partial charge in [0.25, 0.3) is 0 Å². The molecule has 128 valence electrons. The number of aliphatic carboxylic acids is 1. The van der Waals surface area contributed by atoms with E-state index in [9.17, 15) is 22.0 Å². The van der Waals surface area contributed by atoms with Crippen molar-refractivity contribution < 1.29 is 31.8 Å². The van der Waals surface area contributed by atoms with Crippen LogP contribution in [-0.4, -0.2) is 61.8 Å². The van der Waals surface area contributed by atoms with Gasteiger partial charge in [0.1, 0.15) is 6.61 Å². The van der Waals surface area contributed by atoms with Crippen LogP contribution in [0.5, 0.6) is 0 Å². The average molecular weight is 341 g/mol. The van der Waals surface area contributed by atoms with Crippen molar-refractivity contribution in [1.82, 2.24) is 4.31 Å². The Labute approximate surface area is 128 Å². The molecule has 0 atom stereocenters. The predicted molar refractivity (Wildman–Crippen MR) is 74.2 cm³/mol. The zero-order chi connectivity index (χ0) is 16.4. The highest BCUT2D eigenvalue weighted by molar-refractivity contribution is 7.89. The highest BCUT2D eigenvalue weighted by atomic mass is 32.2. The third-order valence-corrected chi connectivity index (χ3v) is 6.21. The van der Waals surface area contributed by atoms with E-state index in [4.69, 9.17) is 9.84 Å². The van der Waals surface area contributed by atoms with Crippen LogP contribution in [0.1, 0.15) is 25.7 Å². The molecule has 0 aromatic rings. The lowest BCUT2D eigenvalue weighted by Crippen LogP contribution is -2.45. The second-order valence-corrected chi connectivity index (χ2v) is 8.17. The molecular formula is C13H21F2NO5S. The van der Waals surface area contributed by atoms with Crippen molar-refractivity contribution in [3.8, 4) is 0 Å². The van der Waals surface area contributed by atoms with Gasteiger partial charge in [0, 0.05) is 25.9 Å². The van der Waals surface area contributed by atoms with E-state index in [1.54, 1.807) is 0 Å². The molecule has 0 aromatic carbocycles. The van der Waals surface area contributed by atoms with Crippen molar-refractivity contribution >= 4 is 16.0 Å². The number of carboxylic acid groups (broad SMARTS) is 1. The van der Waals surface area contributed by atoms with Crippen LogP contribution >= 0.6 is 0 Å². The Hall–Kier alpha value is -0.800. The fraction of sp³-hybridized carbons (Fsp3) is 0.923. The third kappa shape index (κ3) is 4.85. The third-order valence-electron chi connectivity index (χ3n) is 4.17. The molecule has 0 amide bonds. The first-order valence-corrected chi connectivity index (χ1v) is 8.94. The molecule has 1 aliphatic carbocycles. The van der Waals surface area contributed by atoms with Crippen molar-refractivity contribution in [3.63, 3.8) is 0 Å². The Balaban J connectivity index is 1.72. The zero-order valence-corrected chi connectivity index (χ0v) is 13.0. The number of alkyl halides is 2. The molecule has 1 N–H and O–H groups in total. The maximum atomic E-state index is 12.8. The lowest BCUT2D eigenvalue weighted by molar-refractivity contribution is -0.142. The number of ether oxygens (including phenoxy) is 1. The number of carboxylic acids is 1. The number of piperidine rings is 1. The van der Waals surface area contributed by atoms with Crippen molar-refractivity contribution in [1.29, 1.82) is 0 Å². The van der Waals surface area contributed by atoms with Gasteiger partial charge in [-0.2, -0.15) is 0 Å². The van der Waals surface area contributed by atoms with E-state index in [-0.39, 0.29) is 31.1 Å². The quantitative estimate of drug-likeness (QED) is 0.752. The molecular weight excluding hydrogens is 320 g/mol. The van der Waals surface area contributed by atoms with Crippen molar-refractivity contribution in [2.24, 2.45) is 11.8 Å². The summed E-state index contributed by atoms with van der Waals surface area (Å²) in [6.07, 6.45) is 0.511. The van der Waals surface area contributed by atoms with Gasteiger partial charge in [-0.15, -0.1) is 0 Å². The first-order valence-electron chi connectivity index (χ1n) is 7.33. The smallest absolute Gasteiger partial charge is 0.329 e. The van der Waals surface area contributed by atoms with Gasteiger partial charge in [0.05, 0.1) is 12.4 Å². The standard InChI is InChI=1S/C13H21F2NO5S/c14-13(15)5-11(6-13)9-22(19,20)16-3-1-10(2-4-16)7-21-8-12(17)18/h10-11H,1-9H2,(H,17,18). The van der Waals surface area contributed by atoms with E-state index in [1.165, 1.54) is 4.31 Å². The van der Waals surface area contributed by atoms with Crippen LogP contribution in [0, 0.1) is 11.8 Å². The van der Waals surface area contributed by atoms with E-state index < -0.39 is 27.8 Å². The second kappa shape index (κ2) is 6.76. The summed E-state index contributed by atoms with van der Waals surface area (Å²) in [5, 5.41) is 8.48. The highest BCUT2D eigenvalue weighted by Crippen LogP contribution is 2.43. The minimum Gasteiger partial charge on any atom is -0.480 e. The fourth-order valence-corrected chi connectivity index (χ4v) is 4.78. The molecule has 2 aliphatic rings. The number of nitrogens with zero attached hydrogens (tertiary/aromatic N) is 1. The lowest BCUT2D eigenvalue weighted by Gasteiger charge is -2.37. The minimum atomic E-state index is -3.49. The van der Waals surface area contributed by atoms with Gasteiger partial charge >= 0.3 is 5.97 Å². The normalized spacial score (nSPS) is 24.1. The van der Waals surface area contributed by atoms with Gasteiger partial charge in [-0.05, 0) is 24.7 Å². The van der Waals surface area contributed by atoms with Gasteiger partial charge in [-0.1, -0.05) is 0 Å². The van der Waals surface area contributed by atoms with Crippen LogP contribution in [0.2, 0.25) is 0 Å². The molecule has 0 spiro atoms. The van der Waals surface area contributed by atoms with Gasteiger partial charge in [0.15, 0.2) is 0 Å². The number of halogens is 2. The topological polar surface area (TPSA) is 83.9 Å². The molecule has 1 heterocycles. The fourth-order valence-electron chi connectivity index (χ4n) is 2.97. The van der Waals surface area contributed by atoms with Gasteiger partial charge < -0.3 is 9.84 Å². The van der Waals surface area contributed by atoms with Crippen LogP contribution in [-0.2, 0) is 19.6 Å². The summed E-state index contributed by atoms with van der Waals surface area (Å²) in [6.45, 7) is 0.628. The number of carbonyl (C=O) groups is 1. The van der Waals surface area contributed by atoms with Crippen LogP contribution < -0.4 is 0 Å². The Morgan fingerprint density at radius 2 is 1.82 bits per heavy atom. The Morgan fingerprint density at radius 3 is 2.32 bits per heavy atom. The van der Waals surface area contributed by atoms with Crippen LogP contribution in [0.3, 0.4) is 0 Å². The number of hydrogen-bond donors (Lipinski definition) is 1. The summed E-state index contributed by atoms with van der Waals surface area (Å²) < 4.78 is 56.3. The first-order chi connectivity index (χ1) is 10.2. The van der Waals surface area contributed by atoms with E-state index >= 15 is 0 Å². The van der Waals surface area contributed by atoms with Crippen molar-refractivity contribution in [2.45, 2.75) is 31.6 Å². The highest BCUT2D eigenvalue weighted by Gasteiger charge is 2.47.